The summed E-state index contributed by atoms with van der Waals surface area (Å²) >= 11 is 1.27. The summed E-state index contributed by atoms with van der Waals surface area (Å²) in [6, 6.07) is 19.0. The van der Waals surface area contributed by atoms with Gasteiger partial charge in [0, 0.05) is 30.1 Å². The molecule has 2 amide bonds. The average molecular weight is 568 g/mol. The van der Waals surface area contributed by atoms with E-state index in [1.807, 2.05) is 11.0 Å². The van der Waals surface area contributed by atoms with Crippen LogP contribution in [0.1, 0.15) is 43.3 Å². The monoisotopic (exact) mass is 567 g/mol. The molecule has 0 bridgehead atoms. The molecule has 1 atom stereocenters. The Kier molecular flexibility index (Phi) is 6.99. The van der Waals surface area contributed by atoms with Crippen LogP contribution in [0.15, 0.2) is 60.7 Å². The van der Waals surface area contributed by atoms with Gasteiger partial charge in [0.1, 0.15) is 17.3 Å². The smallest absolute Gasteiger partial charge is 0.276 e. The normalized spacial score (nSPS) is 16.0. The van der Waals surface area contributed by atoms with Gasteiger partial charge in [0.15, 0.2) is 0 Å². The highest BCUT2D eigenvalue weighted by atomic mass is 32.1. The molecule has 41 heavy (non-hydrogen) atoms. The SMILES string of the molecule is Cc1cccc(F)c1NC(=O)c1cc2c(s1)-c1ccc(C#N)cc1N(C(=O)c1cccc(N3CC[C@H](O)C3)n1)CC2. The lowest BCUT2D eigenvalue weighted by Gasteiger charge is -2.24. The van der Waals surface area contributed by atoms with Crippen molar-refractivity contribution in [2.45, 2.75) is 25.9 Å². The van der Waals surface area contributed by atoms with Crippen molar-refractivity contribution in [3.05, 3.63) is 93.7 Å². The number of anilines is 3. The topological polar surface area (TPSA) is 110 Å². The number of para-hydroxylation sites is 1. The van der Waals surface area contributed by atoms with Crippen LogP contribution in [0.5, 0.6) is 0 Å². The highest BCUT2D eigenvalue weighted by molar-refractivity contribution is 7.17. The minimum Gasteiger partial charge on any atom is -0.391 e. The van der Waals surface area contributed by atoms with Gasteiger partial charge in [0.25, 0.3) is 11.8 Å². The quantitative estimate of drug-likeness (QED) is 0.353. The van der Waals surface area contributed by atoms with Crippen LogP contribution in [-0.2, 0) is 6.42 Å². The van der Waals surface area contributed by atoms with Gasteiger partial charge in [0.2, 0.25) is 0 Å². The van der Waals surface area contributed by atoms with Crippen LogP contribution in [0.2, 0.25) is 0 Å². The third kappa shape index (κ3) is 5.06. The molecule has 2 aromatic carbocycles. The molecule has 0 radical (unpaired) electrons. The van der Waals surface area contributed by atoms with Gasteiger partial charge in [-0.1, -0.05) is 24.3 Å². The fraction of sp³-hybridized carbons (Fsp3) is 0.226. The number of nitriles is 1. The summed E-state index contributed by atoms with van der Waals surface area (Å²) in [6.07, 6.45) is 0.705. The first kappa shape index (κ1) is 26.6. The number of halogens is 1. The molecule has 6 rings (SSSR count). The van der Waals surface area contributed by atoms with E-state index < -0.39 is 17.8 Å². The van der Waals surface area contributed by atoms with Crippen LogP contribution in [0.25, 0.3) is 10.4 Å². The fourth-order valence-electron chi connectivity index (χ4n) is 5.31. The summed E-state index contributed by atoms with van der Waals surface area (Å²) in [4.78, 5) is 36.5. The number of amides is 2. The largest absolute Gasteiger partial charge is 0.391 e. The van der Waals surface area contributed by atoms with Crippen molar-refractivity contribution in [2.24, 2.45) is 0 Å². The summed E-state index contributed by atoms with van der Waals surface area (Å²) < 4.78 is 14.4. The third-order valence-corrected chi connectivity index (χ3v) is 8.66. The molecular weight excluding hydrogens is 541 g/mol. The first-order valence-electron chi connectivity index (χ1n) is 13.3. The number of aryl methyl sites for hydroxylation is 1. The number of carbonyl (C=O) groups excluding carboxylic acids is 2. The van der Waals surface area contributed by atoms with Gasteiger partial charge in [-0.3, -0.25) is 9.59 Å². The lowest BCUT2D eigenvalue weighted by atomic mass is 10.0. The highest BCUT2D eigenvalue weighted by Crippen LogP contribution is 2.42. The summed E-state index contributed by atoms with van der Waals surface area (Å²) in [5, 5.41) is 22.3. The van der Waals surface area contributed by atoms with Crippen LogP contribution in [0.3, 0.4) is 0 Å². The first-order chi connectivity index (χ1) is 19.8. The Hall–Kier alpha value is -4.59. The lowest BCUT2D eigenvalue weighted by Crippen LogP contribution is -2.33. The maximum Gasteiger partial charge on any atom is 0.276 e. The van der Waals surface area contributed by atoms with E-state index in [-0.39, 0.29) is 17.3 Å². The van der Waals surface area contributed by atoms with Gasteiger partial charge in [-0.15, -0.1) is 11.3 Å². The number of aliphatic hydroxyl groups is 1. The number of thiophene rings is 1. The molecule has 0 saturated carbocycles. The van der Waals surface area contributed by atoms with Crippen molar-refractivity contribution in [3.63, 3.8) is 0 Å². The predicted molar refractivity (Wildman–Crippen MR) is 156 cm³/mol. The number of rotatable bonds is 4. The molecule has 0 aliphatic carbocycles. The molecule has 1 saturated heterocycles. The minimum absolute atomic E-state index is 0.148. The third-order valence-electron chi connectivity index (χ3n) is 7.45. The molecule has 206 valence electrons. The predicted octanol–water partition coefficient (Wildman–Crippen LogP) is 5.16. The van der Waals surface area contributed by atoms with E-state index in [0.29, 0.717) is 60.0 Å². The van der Waals surface area contributed by atoms with Gasteiger partial charge >= 0.3 is 0 Å². The second-order valence-corrected chi connectivity index (χ2v) is 11.2. The van der Waals surface area contributed by atoms with Crippen molar-refractivity contribution in [3.8, 4) is 16.5 Å². The standard InChI is InChI=1S/C31H26FN5O3S/c1-18-4-2-5-23(32)28(18)35-30(39)26-15-20-10-13-37(25-14-19(16-33)8-9-22(25)29(20)41-26)31(40)24-6-3-7-27(34-24)36-12-11-21(38)17-36/h2-9,14-15,21,38H,10-13,17H2,1H3,(H,35,39)/t21-/m0/s1. The maximum atomic E-state index is 14.4. The van der Waals surface area contributed by atoms with Crippen molar-refractivity contribution < 1.29 is 19.1 Å². The molecule has 2 N–H and O–H groups in total. The highest BCUT2D eigenvalue weighted by Gasteiger charge is 2.30. The molecule has 2 aliphatic heterocycles. The Morgan fingerprint density at radius 2 is 1.98 bits per heavy atom. The van der Waals surface area contributed by atoms with Gasteiger partial charge in [-0.25, -0.2) is 9.37 Å². The number of fused-ring (bicyclic) bond motifs is 3. The number of nitrogens with zero attached hydrogens (tertiary/aromatic N) is 4. The van der Waals surface area contributed by atoms with Crippen molar-refractivity contribution in [1.29, 1.82) is 5.26 Å². The zero-order valence-corrected chi connectivity index (χ0v) is 23.0. The van der Waals surface area contributed by atoms with E-state index in [2.05, 4.69) is 16.4 Å². The van der Waals surface area contributed by atoms with Crippen LogP contribution >= 0.6 is 11.3 Å². The number of aromatic nitrogens is 1. The van der Waals surface area contributed by atoms with E-state index in [9.17, 15) is 24.3 Å². The molecule has 0 unspecified atom stereocenters. The molecule has 1 fully saturated rings. The molecule has 2 aliphatic rings. The summed E-state index contributed by atoms with van der Waals surface area (Å²) in [5.74, 6) is -0.579. The number of β-amino-alcohol motifs (C(OH)–C–C–N with tert-alkyl or cyclic N) is 1. The van der Waals surface area contributed by atoms with Crippen LogP contribution in [-0.4, -0.2) is 47.6 Å². The van der Waals surface area contributed by atoms with Gasteiger partial charge < -0.3 is 20.2 Å². The Bertz CT molecular complexity index is 1710. The molecular formula is C31H26FN5O3S. The number of hydrogen-bond acceptors (Lipinski definition) is 7. The molecule has 4 heterocycles. The molecule has 2 aromatic heterocycles. The Labute approximate surface area is 240 Å². The summed E-state index contributed by atoms with van der Waals surface area (Å²) in [5.41, 5.74) is 3.63. The number of aliphatic hydroxyl groups excluding tert-OH is 1. The van der Waals surface area contributed by atoms with Crippen molar-refractivity contribution in [2.75, 3.05) is 34.8 Å². The number of nitrogens with one attached hydrogen (secondary N) is 1. The molecule has 8 nitrogen and oxygen atoms in total. The zero-order valence-electron chi connectivity index (χ0n) is 22.2. The minimum atomic E-state index is -0.501. The number of benzene rings is 2. The Morgan fingerprint density at radius 1 is 1.15 bits per heavy atom. The second-order valence-electron chi connectivity index (χ2n) is 10.2. The average Bonchev–Trinajstić information content (AvgIpc) is 3.58. The zero-order chi connectivity index (χ0) is 28.7. The second kappa shape index (κ2) is 10.8. The Morgan fingerprint density at radius 3 is 2.73 bits per heavy atom. The van der Waals surface area contributed by atoms with Crippen LogP contribution in [0, 0.1) is 24.1 Å². The number of carbonyl (C=O) groups is 2. The number of pyridine rings is 1. The summed E-state index contributed by atoms with van der Waals surface area (Å²) in [6.45, 7) is 3.17. The maximum absolute atomic E-state index is 14.4. The Balaban J connectivity index is 1.34. The van der Waals surface area contributed by atoms with E-state index in [1.54, 1.807) is 60.4 Å². The molecule has 10 heteroatoms. The number of hydrogen-bond donors (Lipinski definition) is 2. The van der Waals surface area contributed by atoms with E-state index in [4.69, 9.17) is 0 Å². The van der Waals surface area contributed by atoms with Gasteiger partial charge in [-0.05, 0) is 67.3 Å². The summed E-state index contributed by atoms with van der Waals surface area (Å²) in [7, 11) is 0. The van der Waals surface area contributed by atoms with Crippen molar-refractivity contribution >= 4 is 40.3 Å². The van der Waals surface area contributed by atoms with E-state index in [0.717, 1.165) is 16.0 Å². The van der Waals surface area contributed by atoms with Gasteiger partial charge in [0.05, 0.1) is 34.0 Å². The fourth-order valence-corrected chi connectivity index (χ4v) is 6.45. The lowest BCUT2D eigenvalue weighted by molar-refractivity contribution is 0.0981. The molecule has 0 spiro atoms. The van der Waals surface area contributed by atoms with Crippen LogP contribution < -0.4 is 15.1 Å². The van der Waals surface area contributed by atoms with Crippen LogP contribution in [0.4, 0.5) is 21.6 Å². The van der Waals surface area contributed by atoms with E-state index in [1.165, 1.54) is 17.4 Å². The molecule has 4 aromatic rings. The first-order valence-corrected chi connectivity index (χ1v) is 14.1. The van der Waals surface area contributed by atoms with Gasteiger partial charge in [-0.2, -0.15) is 5.26 Å². The van der Waals surface area contributed by atoms with E-state index >= 15 is 0 Å². The van der Waals surface area contributed by atoms with Crippen molar-refractivity contribution in [1.82, 2.24) is 4.98 Å².